The van der Waals surface area contributed by atoms with Gasteiger partial charge in [0.1, 0.15) is 0 Å². The van der Waals surface area contributed by atoms with Gasteiger partial charge in [0.25, 0.3) is 0 Å². The van der Waals surface area contributed by atoms with E-state index in [9.17, 15) is 4.79 Å². The van der Waals surface area contributed by atoms with E-state index in [1.807, 2.05) is 30.5 Å². The Morgan fingerprint density at radius 3 is 2.46 bits per heavy atom. The number of carbonyl (C=O) groups is 1. The van der Waals surface area contributed by atoms with Crippen molar-refractivity contribution in [2.45, 2.75) is 34.6 Å². The Morgan fingerprint density at radius 1 is 1.07 bits per heavy atom. The number of aryl methyl sites for hydroxylation is 2. The number of aromatic nitrogens is 1. The molecule has 3 aromatic rings. The van der Waals surface area contributed by atoms with Gasteiger partial charge in [-0.2, -0.15) is 0 Å². The van der Waals surface area contributed by atoms with E-state index in [1.54, 1.807) is 19.1 Å². The molecule has 144 valence electrons. The molecular formula is C24H26N2O2. The van der Waals surface area contributed by atoms with Crippen LogP contribution in [0.15, 0.2) is 53.5 Å². The highest BCUT2D eigenvalue weighted by atomic mass is 16.5. The molecule has 0 unspecified atom stereocenters. The third-order valence-corrected chi connectivity index (χ3v) is 5.03. The zero-order valence-corrected chi connectivity index (χ0v) is 17.1. The fraction of sp³-hybridized carbons (Fsp3) is 0.250. The molecule has 0 atom stereocenters. The van der Waals surface area contributed by atoms with Gasteiger partial charge >= 0.3 is 5.97 Å². The molecule has 0 fully saturated rings. The summed E-state index contributed by atoms with van der Waals surface area (Å²) in [4.78, 5) is 16.6. The van der Waals surface area contributed by atoms with Crippen molar-refractivity contribution < 1.29 is 9.53 Å². The average molecular weight is 374 g/mol. The van der Waals surface area contributed by atoms with Crippen molar-refractivity contribution in [3.63, 3.8) is 0 Å². The van der Waals surface area contributed by atoms with E-state index in [0.717, 1.165) is 28.3 Å². The molecule has 4 nitrogen and oxygen atoms in total. The van der Waals surface area contributed by atoms with Crippen LogP contribution in [0.3, 0.4) is 0 Å². The first-order chi connectivity index (χ1) is 13.4. The fourth-order valence-electron chi connectivity index (χ4n) is 3.29. The van der Waals surface area contributed by atoms with Crippen LogP contribution in [0.4, 0.5) is 5.69 Å². The van der Waals surface area contributed by atoms with Crippen LogP contribution in [0.25, 0.3) is 5.69 Å². The van der Waals surface area contributed by atoms with Gasteiger partial charge in [0.05, 0.1) is 17.9 Å². The predicted octanol–water partition coefficient (Wildman–Crippen LogP) is 5.64. The summed E-state index contributed by atoms with van der Waals surface area (Å²) in [5.41, 5.74) is 8.29. The van der Waals surface area contributed by atoms with Crippen LogP contribution in [0, 0.1) is 27.7 Å². The smallest absolute Gasteiger partial charge is 0.338 e. The lowest BCUT2D eigenvalue weighted by Crippen LogP contribution is -2.05. The maximum Gasteiger partial charge on any atom is 0.338 e. The molecule has 0 saturated heterocycles. The van der Waals surface area contributed by atoms with Crippen molar-refractivity contribution in [1.82, 2.24) is 4.57 Å². The highest BCUT2D eigenvalue weighted by Gasteiger charge is 2.11. The van der Waals surface area contributed by atoms with Crippen molar-refractivity contribution in [1.29, 1.82) is 0 Å². The number of rotatable bonds is 5. The molecule has 3 rings (SSSR count). The summed E-state index contributed by atoms with van der Waals surface area (Å²) in [6.45, 7) is 10.5. The van der Waals surface area contributed by atoms with Gasteiger partial charge < -0.3 is 9.30 Å². The van der Waals surface area contributed by atoms with E-state index in [0.29, 0.717) is 12.2 Å². The largest absolute Gasteiger partial charge is 0.462 e. The molecule has 28 heavy (non-hydrogen) atoms. The van der Waals surface area contributed by atoms with Crippen LogP contribution in [0.2, 0.25) is 0 Å². The lowest BCUT2D eigenvalue weighted by atomic mass is 10.1. The molecule has 2 aromatic carbocycles. The van der Waals surface area contributed by atoms with E-state index < -0.39 is 0 Å². The fourth-order valence-corrected chi connectivity index (χ4v) is 3.29. The number of esters is 1. The number of nitrogens with zero attached hydrogens (tertiary/aromatic N) is 2. The Kier molecular flexibility index (Phi) is 5.78. The minimum Gasteiger partial charge on any atom is -0.462 e. The van der Waals surface area contributed by atoms with Crippen LogP contribution in [-0.2, 0) is 4.74 Å². The number of carbonyl (C=O) groups excluding carboxylic acids is 1. The van der Waals surface area contributed by atoms with E-state index in [1.165, 1.54) is 11.1 Å². The summed E-state index contributed by atoms with van der Waals surface area (Å²) < 4.78 is 7.22. The minimum absolute atomic E-state index is 0.295. The zero-order chi connectivity index (χ0) is 20.3. The number of hydrogen-bond acceptors (Lipinski definition) is 3. The second kappa shape index (κ2) is 8.26. The number of ether oxygens (including phenoxy) is 1. The lowest BCUT2D eigenvalue weighted by molar-refractivity contribution is 0.0526. The third-order valence-electron chi connectivity index (χ3n) is 5.03. The van der Waals surface area contributed by atoms with E-state index in [-0.39, 0.29) is 5.97 Å². The molecule has 0 bridgehead atoms. The molecule has 0 spiro atoms. The van der Waals surface area contributed by atoms with Crippen LogP contribution in [0.5, 0.6) is 0 Å². The maximum atomic E-state index is 11.9. The van der Waals surface area contributed by atoms with E-state index in [2.05, 4.69) is 44.4 Å². The van der Waals surface area contributed by atoms with Crippen molar-refractivity contribution in [3.8, 4) is 5.69 Å². The molecular weight excluding hydrogens is 348 g/mol. The Morgan fingerprint density at radius 2 is 1.79 bits per heavy atom. The summed E-state index contributed by atoms with van der Waals surface area (Å²) in [6, 6.07) is 15.8. The molecule has 0 aliphatic rings. The molecule has 1 heterocycles. The first-order valence-corrected chi connectivity index (χ1v) is 9.49. The summed E-state index contributed by atoms with van der Waals surface area (Å²) >= 11 is 0. The predicted molar refractivity (Wildman–Crippen MR) is 114 cm³/mol. The van der Waals surface area contributed by atoms with Gasteiger partial charge in [-0.3, -0.25) is 4.99 Å². The summed E-state index contributed by atoms with van der Waals surface area (Å²) in [6.07, 6.45) is 1.92. The second-order valence-electron chi connectivity index (χ2n) is 6.91. The third kappa shape index (κ3) is 3.91. The minimum atomic E-state index is -0.295. The van der Waals surface area contributed by atoms with E-state index in [4.69, 9.17) is 9.73 Å². The van der Waals surface area contributed by atoms with Gasteiger partial charge in [-0.1, -0.05) is 12.1 Å². The van der Waals surface area contributed by atoms with Gasteiger partial charge in [-0.05, 0) is 82.1 Å². The molecule has 0 amide bonds. The summed E-state index contributed by atoms with van der Waals surface area (Å²) in [5, 5.41) is 0. The molecule has 0 aliphatic carbocycles. The normalized spacial score (nSPS) is 11.2. The second-order valence-corrected chi connectivity index (χ2v) is 6.91. The van der Waals surface area contributed by atoms with Gasteiger partial charge in [0.15, 0.2) is 0 Å². The average Bonchev–Trinajstić information content (AvgIpc) is 2.97. The summed E-state index contributed by atoms with van der Waals surface area (Å²) in [5.74, 6) is -0.295. The van der Waals surface area contributed by atoms with Crippen LogP contribution >= 0.6 is 0 Å². The lowest BCUT2D eigenvalue weighted by Gasteiger charge is -2.10. The number of hydrogen-bond donors (Lipinski definition) is 0. The van der Waals surface area contributed by atoms with Gasteiger partial charge in [0, 0.05) is 28.9 Å². The molecule has 0 aliphatic heterocycles. The van der Waals surface area contributed by atoms with E-state index >= 15 is 0 Å². The Hall–Kier alpha value is -3.14. The quantitative estimate of drug-likeness (QED) is 0.428. The van der Waals surface area contributed by atoms with Crippen LogP contribution < -0.4 is 0 Å². The highest BCUT2D eigenvalue weighted by molar-refractivity contribution is 5.89. The SMILES string of the molecule is CCOC(=O)c1ccc(-n2c(C)cc(C=Nc3cccc(C)c3C)c2C)cc1. The van der Waals surface area contributed by atoms with Gasteiger partial charge in [-0.15, -0.1) is 0 Å². The molecule has 4 heteroatoms. The molecule has 0 radical (unpaired) electrons. The number of benzene rings is 2. The monoisotopic (exact) mass is 374 g/mol. The Labute approximate surface area is 166 Å². The maximum absolute atomic E-state index is 11.9. The standard InChI is InChI=1S/C24H26N2O2/c1-6-28-24(27)20-10-12-22(13-11-20)26-17(3)14-21(19(26)5)15-25-23-9-7-8-16(2)18(23)4/h7-15H,6H2,1-5H3. The van der Waals surface area contributed by atoms with Crippen molar-refractivity contribution >= 4 is 17.9 Å². The van der Waals surface area contributed by atoms with Crippen LogP contribution in [0.1, 0.15) is 45.4 Å². The van der Waals surface area contributed by atoms with Gasteiger partial charge in [-0.25, -0.2) is 4.79 Å². The first kappa shape index (κ1) is 19.6. The van der Waals surface area contributed by atoms with Crippen molar-refractivity contribution in [3.05, 3.63) is 82.2 Å². The Bertz CT molecular complexity index is 1030. The molecule has 0 saturated carbocycles. The van der Waals surface area contributed by atoms with Gasteiger partial charge in [0.2, 0.25) is 0 Å². The van der Waals surface area contributed by atoms with Crippen molar-refractivity contribution in [2.75, 3.05) is 6.61 Å². The van der Waals surface area contributed by atoms with Crippen molar-refractivity contribution in [2.24, 2.45) is 4.99 Å². The summed E-state index contributed by atoms with van der Waals surface area (Å²) in [7, 11) is 0. The highest BCUT2D eigenvalue weighted by Crippen LogP contribution is 2.24. The first-order valence-electron chi connectivity index (χ1n) is 9.49. The molecule has 1 aromatic heterocycles. The Balaban J connectivity index is 1.91. The van der Waals surface area contributed by atoms with Crippen LogP contribution in [-0.4, -0.2) is 23.4 Å². The molecule has 0 N–H and O–H groups in total. The topological polar surface area (TPSA) is 43.6 Å². The zero-order valence-electron chi connectivity index (χ0n) is 17.1. The number of aliphatic imine (C=N–C) groups is 1.